The van der Waals surface area contributed by atoms with Crippen LogP contribution >= 0.6 is 11.6 Å². The zero-order valence-electron chi connectivity index (χ0n) is 7.98. The lowest BCUT2D eigenvalue weighted by molar-refractivity contribution is 0.227. The highest BCUT2D eigenvalue weighted by Crippen LogP contribution is 2.21. The SMILES string of the molecule is C=CN(C(=O)Cl)C(C)c1ccccc1. The van der Waals surface area contributed by atoms with E-state index >= 15 is 0 Å². The van der Waals surface area contributed by atoms with E-state index in [0.29, 0.717) is 0 Å². The highest BCUT2D eigenvalue weighted by atomic mass is 35.5. The van der Waals surface area contributed by atoms with E-state index in [-0.39, 0.29) is 6.04 Å². The molecule has 0 aromatic heterocycles. The van der Waals surface area contributed by atoms with Gasteiger partial charge in [0.05, 0.1) is 6.04 Å². The number of carbonyl (C=O) groups excluding carboxylic acids is 1. The van der Waals surface area contributed by atoms with Gasteiger partial charge < -0.3 is 0 Å². The molecular weight excluding hydrogens is 198 g/mol. The summed E-state index contributed by atoms with van der Waals surface area (Å²) < 4.78 is 0. The monoisotopic (exact) mass is 209 g/mol. The molecule has 1 rings (SSSR count). The first-order valence-corrected chi connectivity index (χ1v) is 4.70. The van der Waals surface area contributed by atoms with E-state index in [9.17, 15) is 4.79 Å². The van der Waals surface area contributed by atoms with Crippen molar-refractivity contribution in [2.75, 3.05) is 0 Å². The van der Waals surface area contributed by atoms with Crippen molar-refractivity contribution in [1.82, 2.24) is 4.90 Å². The van der Waals surface area contributed by atoms with Crippen LogP contribution in [-0.4, -0.2) is 10.3 Å². The lowest BCUT2D eigenvalue weighted by Gasteiger charge is -2.23. The minimum atomic E-state index is -0.517. The first-order valence-electron chi connectivity index (χ1n) is 4.32. The van der Waals surface area contributed by atoms with Crippen molar-refractivity contribution < 1.29 is 4.79 Å². The maximum Gasteiger partial charge on any atom is 0.320 e. The Morgan fingerprint density at radius 2 is 2.07 bits per heavy atom. The van der Waals surface area contributed by atoms with Crippen molar-refractivity contribution in [2.45, 2.75) is 13.0 Å². The molecule has 1 aromatic rings. The largest absolute Gasteiger partial charge is 0.320 e. The molecule has 2 nitrogen and oxygen atoms in total. The molecule has 0 aliphatic heterocycles. The average Bonchev–Trinajstić information content (AvgIpc) is 2.19. The Balaban J connectivity index is 2.88. The molecule has 14 heavy (non-hydrogen) atoms. The van der Waals surface area contributed by atoms with E-state index in [1.54, 1.807) is 0 Å². The number of nitrogens with zero attached hydrogens (tertiary/aromatic N) is 1. The number of benzene rings is 1. The number of hydrogen-bond acceptors (Lipinski definition) is 1. The molecule has 0 bridgehead atoms. The van der Waals surface area contributed by atoms with Gasteiger partial charge in [-0.1, -0.05) is 36.9 Å². The van der Waals surface area contributed by atoms with Crippen LogP contribution in [0.1, 0.15) is 18.5 Å². The molecule has 1 amide bonds. The molecule has 1 aromatic carbocycles. The van der Waals surface area contributed by atoms with E-state index in [2.05, 4.69) is 6.58 Å². The first kappa shape index (κ1) is 10.8. The summed E-state index contributed by atoms with van der Waals surface area (Å²) in [6, 6.07) is 9.58. The van der Waals surface area contributed by atoms with Gasteiger partial charge in [0, 0.05) is 6.20 Å². The molecule has 0 saturated heterocycles. The van der Waals surface area contributed by atoms with E-state index in [0.717, 1.165) is 5.56 Å². The summed E-state index contributed by atoms with van der Waals surface area (Å²) in [4.78, 5) is 12.4. The van der Waals surface area contributed by atoms with Gasteiger partial charge in [-0.15, -0.1) is 0 Å². The first-order chi connectivity index (χ1) is 6.66. The van der Waals surface area contributed by atoms with Crippen LogP contribution in [0.25, 0.3) is 0 Å². The van der Waals surface area contributed by atoms with Crippen molar-refractivity contribution in [2.24, 2.45) is 0 Å². The highest BCUT2D eigenvalue weighted by Gasteiger charge is 2.16. The van der Waals surface area contributed by atoms with Crippen LogP contribution in [0.3, 0.4) is 0 Å². The Kier molecular flexibility index (Phi) is 3.72. The average molecular weight is 210 g/mol. The number of carbonyl (C=O) groups is 1. The van der Waals surface area contributed by atoms with Crippen molar-refractivity contribution in [3.8, 4) is 0 Å². The Bertz CT molecular complexity index is 323. The second kappa shape index (κ2) is 4.82. The summed E-state index contributed by atoms with van der Waals surface area (Å²) in [7, 11) is 0. The zero-order valence-corrected chi connectivity index (χ0v) is 8.74. The van der Waals surface area contributed by atoms with Gasteiger partial charge in [-0.2, -0.15) is 0 Å². The maximum atomic E-state index is 11.0. The molecule has 1 unspecified atom stereocenters. The molecule has 1 atom stereocenters. The molecule has 0 radical (unpaired) electrons. The predicted molar refractivity (Wildman–Crippen MR) is 58.1 cm³/mol. The minimum Gasteiger partial charge on any atom is -0.299 e. The predicted octanol–water partition coefficient (Wildman–Crippen LogP) is 3.55. The minimum absolute atomic E-state index is 0.0845. The number of halogens is 1. The third-order valence-electron chi connectivity index (χ3n) is 2.10. The molecule has 74 valence electrons. The van der Waals surface area contributed by atoms with Crippen LogP contribution in [0.5, 0.6) is 0 Å². The lowest BCUT2D eigenvalue weighted by atomic mass is 10.1. The van der Waals surface area contributed by atoms with Gasteiger partial charge in [-0.25, -0.2) is 0 Å². The van der Waals surface area contributed by atoms with Crippen LogP contribution in [0.2, 0.25) is 0 Å². The topological polar surface area (TPSA) is 20.3 Å². The van der Waals surface area contributed by atoms with Crippen molar-refractivity contribution in [3.63, 3.8) is 0 Å². The normalized spacial score (nSPS) is 11.9. The second-order valence-corrected chi connectivity index (χ2v) is 3.25. The molecule has 0 heterocycles. The van der Waals surface area contributed by atoms with Crippen LogP contribution in [0.4, 0.5) is 4.79 Å². The summed E-state index contributed by atoms with van der Waals surface area (Å²) >= 11 is 5.40. The van der Waals surface area contributed by atoms with Gasteiger partial charge in [0.1, 0.15) is 0 Å². The quantitative estimate of drug-likeness (QED) is 0.551. The molecule has 0 N–H and O–H groups in total. The van der Waals surface area contributed by atoms with Crippen LogP contribution < -0.4 is 0 Å². The number of hydrogen-bond donors (Lipinski definition) is 0. The van der Waals surface area contributed by atoms with Gasteiger partial charge in [0.15, 0.2) is 0 Å². The molecule has 0 fully saturated rings. The lowest BCUT2D eigenvalue weighted by Crippen LogP contribution is -2.23. The molecule has 3 heteroatoms. The highest BCUT2D eigenvalue weighted by molar-refractivity contribution is 6.63. The summed E-state index contributed by atoms with van der Waals surface area (Å²) in [6.45, 7) is 5.45. The molecule has 0 aliphatic rings. The van der Waals surface area contributed by atoms with Crippen molar-refractivity contribution in [1.29, 1.82) is 0 Å². The van der Waals surface area contributed by atoms with Crippen LogP contribution in [0.15, 0.2) is 43.1 Å². The fourth-order valence-corrected chi connectivity index (χ4v) is 1.49. The standard InChI is InChI=1S/C11H12ClNO/c1-3-13(11(12)14)9(2)10-7-5-4-6-8-10/h3-9H,1H2,2H3. The van der Waals surface area contributed by atoms with Gasteiger partial charge in [-0.05, 0) is 24.1 Å². The third-order valence-corrected chi connectivity index (χ3v) is 2.29. The summed E-state index contributed by atoms with van der Waals surface area (Å²) in [6.07, 6.45) is 1.44. The molecule has 0 saturated carbocycles. The van der Waals surface area contributed by atoms with Gasteiger partial charge in [0.25, 0.3) is 0 Å². The van der Waals surface area contributed by atoms with E-state index in [1.165, 1.54) is 11.1 Å². The Hall–Kier alpha value is -1.28. The Morgan fingerprint density at radius 3 is 2.50 bits per heavy atom. The molecule has 0 spiro atoms. The second-order valence-electron chi connectivity index (χ2n) is 2.93. The van der Waals surface area contributed by atoms with E-state index in [1.807, 2.05) is 37.3 Å². The van der Waals surface area contributed by atoms with Gasteiger partial charge in [0.2, 0.25) is 0 Å². The summed E-state index contributed by atoms with van der Waals surface area (Å²) in [5, 5.41) is -0.517. The molecule has 0 aliphatic carbocycles. The van der Waals surface area contributed by atoms with Crippen LogP contribution in [-0.2, 0) is 0 Å². The fraction of sp³-hybridized carbons (Fsp3) is 0.182. The summed E-state index contributed by atoms with van der Waals surface area (Å²) in [5.41, 5.74) is 1.03. The summed E-state index contributed by atoms with van der Waals surface area (Å²) in [5.74, 6) is 0. The molecular formula is C11H12ClNO. The Morgan fingerprint density at radius 1 is 1.50 bits per heavy atom. The van der Waals surface area contributed by atoms with Crippen molar-refractivity contribution >= 4 is 17.0 Å². The maximum absolute atomic E-state index is 11.0. The van der Waals surface area contributed by atoms with E-state index < -0.39 is 5.37 Å². The van der Waals surface area contributed by atoms with Gasteiger partial charge >= 0.3 is 5.37 Å². The van der Waals surface area contributed by atoms with E-state index in [4.69, 9.17) is 11.6 Å². The Labute approximate surface area is 88.8 Å². The van der Waals surface area contributed by atoms with Gasteiger partial charge in [-0.3, -0.25) is 9.69 Å². The van der Waals surface area contributed by atoms with Crippen LogP contribution in [0, 0.1) is 0 Å². The zero-order chi connectivity index (χ0) is 10.6. The number of amides is 1. The smallest absolute Gasteiger partial charge is 0.299 e. The third kappa shape index (κ3) is 2.36. The number of rotatable bonds is 3. The fourth-order valence-electron chi connectivity index (χ4n) is 1.27. The van der Waals surface area contributed by atoms with Crippen molar-refractivity contribution in [3.05, 3.63) is 48.7 Å².